The quantitative estimate of drug-likeness (QED) is 0.617. The minimum atomic E-state index is -0.506. The van der Waals surface area contributed by atoms with Crippen molar-refractivity contribution in [2.75, 3.05) is 6.54 Å². The average Bonchev–Trinajstić information content (AvgIpc) is 2.71. The summed E-state index contributed by atoms with van der Waals surface area (Å²) in [6.45, 7) is 5.89. The molecule has 0 bridgehead atoms. The molecule has 0 aromatic heterocycles. The minimum Gasteiger partial charge on any atom is -0.444 e. The summed E-state index contributed by atoms with van der Waals surface area (Å²) in [5, 5.41) is 2.71. The van der Waals surface area contributed by atoms with Gasteiger partial charge < -0.3 is 10.1 Å². The molecule has 0 saturated heterocycles. The van der Waals surface area contributed by atoms with Crippen LogP contribution in [-0.4, -0.2) is 24.0 Å². The van der Waals surface area contributed by atoms with E-state index in [0.29, 0.717) is 6.54 Å². The van der Waals surface area contributed by atoms with Crippen LogP contribution in [0, 0.1) is 24.2 Å². The van der Waals surface area contributed by atoms with Crippen LogP contribution in [0.3, 0.4) is 0 Å². The molecule has 100 valence electrons. The standard InChI is InChI=1S/C14H21NO3/c1-5-12(16)11-8-6-7-10(11)9-15-13(17)18-14(2,3)4/h1,10-11H,6-9H2,2-4H3,(H,15,17). The first-order valence-electron chi connectivity index (χ1n) is 6.31. The Morgan fingerprint density at radius 1 is 1.39 bits per heavy atom. The van der Waals surface area contributed by atoms with Crippen molar-refractivity contribution >= 4 is 11.9 Å². The van der Waals surface area contributed by atoms with Gasteiger partial charge in [-0.25, -0.2) is 4.79 Å². The van der Waals surface area contributed by atoms with Crippen LogP contribution in [0.25, 0.3) is 0 Å². The molecule has 1 aliphatic carbocycles. The molecule has 0 radical (unpaired) electrons. The molecule has 2 unspecified atom stereocenters. The normalized spacial score (nSPS) is 23.2. The SMILES string of the molecule is C#CC(=O)C1CCCC1CNC(=O)OC(C)(C)C. The van der Waals surface area contributed by atoms with Gasteiger partial charge in [0.05, 0.1) is 0 Å². The number of hydrogen-bond donors (Lipinski definition) is 1. The molecule has 1 aliphatic rings. The lowest BCUT2D eigenvalue weighted by Gasteiger charge is -2.22. The Kier molecular flexibility index (Phi) is 4.77. The highest BCUT2D eigenvalue weighted by molar-refractivity contribution is 5.97. The van der Waals surface area contributed by atoms with Crippen molar-refractivity contribution in [3.05, 3.63) is 0 Å². The summed E-state index contributed by atoms with van der Waals surface area (Å²) in [7, 11) is 0. The first kappa shape index (κ1) is 14.6. The Bertz CT molecular complexity index is 362. The fourth-order valence-corrected chi connectivity index (χ4v) is 2.26. The first-order valence-corrected chi connectivity index (χ1v) is 6.31. The average molecular weight is 251 g/mol. The summed E-state index contributed by atoms with van der Waals surface area (Å²) in [6.07, 6.45) is 7.43. The molecule has 1 saturated carbocycles. The number of Topliss-reactive ketones (excluding diaryl/α,β-unsaturated/α-hetero) is 1. The third-order valence-electron chi connectivity index (χ3n) is 3.05. The largest absolute Gasteiger partial charge is 0.444 e. The second kappa shape index (κ2) is 5.90. The maximum absolute atomic E-state index is 11.5. The molecular weight excluding hydrogens is 230 g/mol. The Morgan fingerprint density at radius 2 is 2.06 bits per heavy atom. The van der Waals surface area contributed by atoms with Crippen molar-refractivity contribution < 1.29 is 14.3 Å². The van der Waals surface area contributed by atoms with Crippen LogP contribution in [0.2, 0.25) is 0 Å². The molecule has 4 nitrogen and oxygen atoms in total. The molecule has 2 atom stereocenters. The van der Waals surface area contributed by atoms with Crippen LogP contribution in [0.4, 0.5) is 4.79 Å². The topological polar surface area (TPSA) is 55.4 Å². The van der Waals surface area contributed by atoms with E-state index in [1.54, 1.807) is 0 Å². The van der Waals surface area contributed by atoms with E-state index in [-0.39, 0.29) is 17.6 Å². The Hall–Kier alpha value is -1.50. The fraction of sp³-hybridized carbons (Fsp3) is 0.714. The predicted molar refractivity (Wildman–Crippen MR) is 68.9 cm³/mol. The summed E-state index contributed by atoms with van der Waals surface area (Å²) < 4.78 is 5.14. The molecule has 0 aromatic carbocycles. The number of alkyl carbamates (subject to hydrolysis) is 1. The van der Waals surface area contributed by atoms with Gasteiger partial charge in [-0.1, -0.05) is 6.42 Å². The zero-order chi connectivity index (χ0) is 13.8. The van der Waals surface area contributed by atoms with E-state index in [9.17, 15) is 9.59 Å². The maximum atomic E-state index is 11.5. The Labute approximate surface area is 108 Å². The molecule has 1 amide bonds. The first-order chi connectivity index (χ1) is 8.33. The number of ether oxygens (including phenoxy) is 1. The van der Waals surface area contributed by atoms with Crippen molar-refractivity contribution in [1.82, 2.24) is 5.32 Å². The van der Waals surface area contributed by atoms with E-state index < -0.39 is 11.7 Å². The maximum Gasteiger partial charge on any atom is 0.407 e. The molecule has 0 aromatic rings. The van der Waals surface area contributed by atoms with Gasteiger partial charge in [0.2, 0.25) is 5.78 Å². The van der Waals surface area contributed by atoms with Crippen molar-refractivity contribution in [3.8, 4) is 12.3 Å². The highest BCUT2D eigenvalue weighted by atomic mass is 16.6. The molecular formula is C14H21NO3. The summed E-state index contributed by atoms with van der Waals surface area (Å²) in [4.78, 5) is 23.0. The van der Waals surface area contributed by atoms with Gasteiger partial charge in [-0.2, -0.15) is 0 Å². The predicted octanol–water partition coefficient (Wildman–Crippen LogP) is 2.13. The van der Waals surface area contributed by atoms with Crippen molar-refractivity contribution in [1.29, 1.82) is 0 Å². The second-order valence-electron chi connectivity index (χ2n) is 5.69. The second-order valence-corrected chi connectivity index (χ2v) is 5.69. The molecule has 1 rings (SSSR count). The highest BCUT2D eigenvalue weighted by Crippen LogP contribution is 2.31. The lowest BCUT2D eigenvalue weighted by Crippen LogP contribution is -2.37. The summed E-state index contributed by atoms with van der Waals surface area (Å²) in [6, 6.07) is 0. The van der Waals surface area contributed by atoms with Gasteiger partial charge in [0.15, 0.2) is 0 Å². The Morgan fingerprint density at radius 3 is 2.61 bits per heavy atom. The number of carbonyl (C=O) groups excluding carboxylic acids is 2. The number of rotatable bonds is 3. The third kappa shape index (κ3) is 4.40. The number of amides is 1. The smallest absolute Gasteiger partial charge is 0.407 e. The number of terminal acetylenes is 1. The van der Waals surface area contributed by atoms with E-state index >= 15 is 0 Å². The van der Waals surface area contributed by atoms with Crippen LogP contribution >= 0.6 is 0 Å². The Balaban J connectivity index is 2.41. The number of ketones is 1. The van der Waals surface area contributed by atoms with Gasteiger partial charge in [-0.3, -0.25) is 4.79 Å². The van der Waals surface area contributed by atoms with Crippen LogP contribution < -0.4 is 5.32 Å². The molecule has 0 aliphatic heterocycles. The van der Waals surface area contributed by atoms with E-state index in [1.807, 2.05) is 20.8 Å². The molecule has 0 heterocycles. The highest BCUT2D eigenvalue weighted by Gasteiger charge is 2.32. The molecule has 18 heavy (non-hydrogen) atoms. The summed E-state index contributed by atoms with van der Waals surface area (Å²) in [5.41, 5.74) is -0.506. The van der Waals surface area contributed by atoms with Gasteiger partial charge in [0, 0.05) is 12.5 Å². The van der Waals surface area contributed by atoms with E-state index in [0.717, 1.165) is 19.3 Å². The molecule has 0 spiro atoms. The zero-order valence-electron chi connectivity index (χ0n) is 11.3. The van der Waals surface area contributed by atoms with Gasteiger partial charge >= 0.3 is 6.09 Å². The number of nitrogens with one attached hydrogen (secondary N) is 1. The van der Waals surface area contributed by atoms with E-state index in [1.165, 1.54) is 0 Å². The molecule has 1 fully saturated rings. The van der Waals surface area contributed by atoms with Gasteiger partial charge in [-0.05, 0) is 45.5 Å². The molecule has 1 N–H and O–H groups in total. The van der Waals surface area contributed by atoms with Gasteiger partial charge in [0.25, 0.3) is 0 Å². The van der Waals surface area contributed by atoms with Crippen molar-refractivity contribution in [3.63, 3.8) is 0 Å². The monoisotopic (exact) mass is 251 g/mol. The molecule has 4 heteroatoms. The van der Waals surface area contributed by atoms with Gasteiger partial charge in [0.1, 0.15) is 5.60 Å². The van der Waals surface area contributed by atoms with Crippen LogP contribution in [0.15, 0.2) is 0 Å². The van der Waals surface area contributed by atoms with Crippen LogP contribution in [0.1, 0.15) is 40.0 Å². The van der Waals surface area contributed by atoms with Crippen molar-refractivity contribution in [2.45, 2.75) is 45.6 Å². The van der Waals surface area contributed by atoms with E-state index in [4.69, 9.17) is 11.2 Å². The summed E-state index contributed by atoms with van der Waals surface area (Å²) in [5.74, 6) is 2.06. The van der Waals surface area contributed by atoms with E-state index in [2.05, 4.69) is 11.2 Å². The zero-order valence-corrected chi connectivity index (χ0v) is 11.3. The lowest BCUT2D eigenvalue weighted by atomic mass is 9.92. The minimum absolute atomic E-state index is 0.107. The van der Waals surface area contributed by atoms with Crippen LogP contribution in [-0.2, 0) is 9.53 Å². The third-order valence-corrected chi connectivity index (χ3v) is 3.05. The van der Waals surface area contributed by atoms with Gasteiger partial charge in [-0.15, -0.1) is 6.42 Å². The number of carbonyl (C=O) groups is 2. The van der Waals surface area contributed by atoms with Crippen molar-refractivity contribution in [2.24, 2.45) is 11.8 Å². The van der Waals surface area contributed by atoms with Crippen LogP contribution in [0.5, 0.6) is 0 Å². The lowest BCUT2D eigenvalue weighted by molar-refractivity contribution is -0.118. The summed E-state index contributed by atoms with van der Waals surface area (Å²) >= 11 is 0. The number of hydrogen-bond acceptors (Lipinski definition) is 3. The fourth-order valence-electron chi connectivity index (χ4n) is 2.26.